The molecule has 0 aliphatic heterocycles. The SMILES string of the molecule is CCCCOc1ccc(N=Nc2nc3sc(N=Nc4ccc(C(F)(F)F)cc4)cc3s2)cc1. The van der Waals surface area contributed by atoms with Crippen LogP contribution in [0.5, 0.6) is 5.75 Å². The molecule has 4 rings (SSSR count). The number of thiazole rings is 1. The maximum atomic E-state index is 12.6. The van der Waals surface area contributed by atoms with Gasteiger partial charge in [-0.05, 0) is 61.0 Å². The lowest BCUT2D eigenvalue weighted by atomic mass is 10.2. The van der Waals surface area contributed by atoms with Crippen LogP contribution in [0.1, 0.15) is 25.3 Å². The van der Waals surface area contributed by atoms with Gasteiger partial charge in [0.05, 0.1) is 28.2 Å². The van der Waals surface area contributed by atoms with Crippen LogP contribution in [0.2, 0.25) is 0 Å². The molecule has 2 heterocycles. The maximum absolute atomic E-state index is 12.6. The third-order valence-corrected chi connectivity index (χ3v) is 6.31. The fourth-order valence-corrected chi connectivity index (χ4v) is 4.52. The van der Waals surface area contributed by atoms with E-state index in [1.807, 2.05) is 30.3 Å². The highest BCUT2D eigenvalue weighted by atomic mass is 32.1. The van der Waals surface area contributed by atoms with E-state index in [1.165, 1.54) is 34.8 Å². The molecule has 4 aromatic rings. The second-order valence-corrected chi connectivity index (χ2v) is 8.91. The number of rotatable bonds is 8. The Kier molecular flexibility index (Phi) is 7.09. The first-order chi connectivity index (χ1) is 15.9. The molecule has 0 saturated carbocycles. The monoisotopic (exact) mass is 489 g/mol. The van der Waals surface area contributed by atoms with Crippen molar-refractivity contribution < 1.29 is 17.9 Å². The van der Waals surface area contributed by atoms with E-state index in [0.717, 1.165) is 40.3 Å². The van der Waals surface area contributed by atoms with Crippen LogP contribution in [0.4, 0.5) is 34.7 Å². The summed E-state index contributed by atoms with van der Waals surface area (Å²) >= 11 is 2.69. The Morgan fingerprint density at radius 1 is 0.879 bits per heavy atom. The number of benzene rings is 2. The molecule has 0 bridgehead atoms. The van der Waals surface area contributed by atoms with Crippen molar-refractivity contribution in [1.82, 2.24) is 4.98 Å². The van der Waals surface area contributed by atoms with E-state index < -0.39 is 11.7 Å². The van der Waals surface area contributed by atoms with Crippen molar-refractivity contribution >= 4 is 53.7 Å². The van der Waals surface area contributed by atoms with Crippen molar-refractivity contribution in [2.75, 3.05) is 6.61 Å². The van der Waals surface area contributed by atoms with Gasteiger partial charge < -0.3 is 4.74 Å². The predicted octanol–water partition coefficient (Wildman–Crippen LogP) is 9.39. The second kappa shape index (κ2) is 10.2. The summed E-state index contributed by atoms with van der Waals surface area (Å²) in [6.07, 6.45) is -2.28. The highest BCUT2D eigenvalue weighted by Gasteiger charge is 2.29. The number of alkyl halides is 3. The summed E-state index contributed by atoms with van der Waals surface area (Å²) < 4.78 is 44.4. The molecule has 2 aromatic heterocycles. The number of nitrogens with zero attached hydrogens (tertiary/aromatic N) is 5. The first-order valence-electron chi connectivity index (χ1n) is 10.0. The quantitative estimate of drug-likeness (QED) is 0.183. The van der Waals surface area contributed by atoms with Gasteiger partial charge in [0, 0.05) is 0 Å². The first kappa shape index (κ1) is 23.0. The molecule has 0 atom stereocenters. The largest absolute Gasteiger partial charge is 0.494 e. The summed E-state index contributed by atoms with van der Waals surface area (Å²) in [6, 6.07) is 13.7. The summed E-state index contributed by atoms with van der Waals surface area (Å²) in [4.78, 5) is 5.18. The van der Waals surface area contributed by atoms with Gasteiger partial charge in [-0.2, -0.15) is 13.2 Å². The summed E-state index contributed by atoms with van der Waals surface area (Å²) in [7, 11) is 0. The van der Waals surface area contributed by atoms with Gasteiger partial charge in [-0.3, -0.25) is 0 Å². The zero-order chi connectivity index (χ0) is 23.3. The Bertz CT molecular complexity index is 1230. The summed E-state index contributed by atoms with van der Waals surface area (Å²) in [5.74, 6) is 0.801. The lowest BCUT2D eigenvalue weighted by Crippen LogP contribution is -2.03. The fraction of sp³-hybridized carbons (Fsp3) is 0.227. The van der Waals surface area contributed by atoms with Crippen LogP contribution < -0.4 is 4.74 Å². The van der Waals surface area contributed by atoms with E-state index in [-0.39, 0.29) is 0 Å². The smallest absolute Gasteiger partial charge is 0.416 e. The summed E-state index contributed by atoms with van der Waals surface area (Å²) in [6.45, 7) is 2.81. The van der Waals surface area contributed by atoms with Crippen LogP contribution in [0, 0.1) is 0 Å². The van der Waals surface area contributed by atoms with Crippen molar-refractivity contribution in [1.29, 1.82) is 0 Å². The van der Waals surface area contributed by atoms with Gasteiger partial charge in [0.25, 0.3) is 0 Å². The van der Waals surface area contributed by atoms with Gasteiger partial charge in [0.1, 0.15) is 15.6 Å². The van der Waals surface area contributed by atoms with Crippen LogP contribution in [-0.4, -0.2) is 11.6 Å². The minimum Gasteiger partial charge on any atom is -0.494 e. The number of hydrogen-bond donors (Lipinski definition) is 0. The second-order valence-electron chi connectivity index (χ2n) is 6.89. The summed E-state index contributed by atoms with van der Waals surface area (Å²) in [5.41, 5.74) is 0.312. The normalized spacial score (nSPS) is 12.4. The Morgan fingerprint density at radius 3 is 2.18 bits per heavy atom. The van der Waals surface area contributed by atoms with E-state index in [0.29, 0.717) is 28.1 Å². The number of ether oxygens (including phenoxy) is 1. The number of halogens is 3. The highest BCUT2D eigenvalue weighted by Crippen LogP contribution is 2.39. The average Bonchev–Trinajstić information content (AvgIpc) is 3.35. The standard InChI is InChI=1S/C22H18F3N5OS2/c1-2-3-12-31-17-10-8-16(9-11-17)28-30-21-26-20-18(32-21)13-19(33-20)29-27-15-6-4-14(5-7-15)22(23,24)25/h4-11,13H,2-3,12H2,1H3. The molecule has 0 amide bonds. The zero-order valence-electron chi connectivity index (χ0n) is 17.4. The van der Waals surface area contributed by atoms with Crippen molar-refractivity contribution in [3.05, 3.63) is 60.2 Å². The van der Waals surface area contributed by atoms with Gasteiger partial charge in [0.15, 0.2) is 0 Å². The fourth-order valence-electron chi connectivity index (χ4n) is 2.67. The molecular formula is C22H18F3N5OS2. The third-order valence-electron chi connectivity index (χ3n) is 4.38. The Balaban J connectivity index is 1.38. The van der Waals surface area contributed by atoms with Gasteiger partial charge in [-0.1, -0.05) is 36.0 Å². The average molecular weight is 490 g/mol. The van der Waals surface area contributed by atoms with E-state index in [1.54, 1.807) is 0 Å². The molecule has 0 spiro atoms. The number of unbranched alkanes of at least 4 members (excludes halogenated alkanes) is 1. The molecular weight excluding hydrogens is 471 g/mol. The molecule has 0 saturated heterocycles. The molecule has 0 fully saturated rings. The predicted molar refractivity (Wildman–Crippen MR) is 124 cm³/mol. The van der Waals surface area contributed by atoms with E-state index in [4.69, 9.17) is 4.74 Å². The third kappa shape index (κ3) is 6.20. The molecule has 0 radical (unpaired) electrons. The Hall–Kier alpha value is -3.18. The highest BCUT2D eigenvalue weighted by molar-refractivity contribution is 7.30. The minimum atomic E-state index is -4.37. The molecule has 0 aliphatic rings. The molecule has 2 aromatic carbocycles. The number of fused-ring (bicyclic) bond motifs is 1. The van der Waals surface area contributed by atoms with Crippen molar-refractivity contribution in [3.8, 4) is 5.75 Å². The van der Waals surface area contributed by atoms with E-state index in [9.17, 15) is 13.2 Å². The van der Waals surface area contributed by atoms with Crippen molar-refractivity contribution in [2.45, 2.75) is 25.9 Å². The molecule has 6 nitrogen and oxygen atoms in total. The number of aromatic nitrogens is 1. The first-order valence-corrected chi connectivity index (χ1v) is 11.7. The summed E-state index contributed by atoms with van der Waals surface area (Å²) in [5, 5.41) is 17.6. The van der Waals surface area contributed by atoms with Crippen LogP contribution in [0.3, 0.4) is 0 Å². The van der Waals surface area contributed by atoms with Gasteiger partial charge in [-0.15, -0.1) is 20.5 Å². The Morgan fingerprint density at radius 2 is 1.55 bits per heavy atom. The van der Waals surface area contributed by atoms with Gasteiger partial charge in [-0.25, -0.2) is 4.98 Å². The number of thiophene rings is 1. The minimum absolute atomic E-state index is 0.337. The zero-order valence-corrected chi connectivity index (χ0v) is 19.0. The molecule has 0 aliphatic carbocycles. The molecule has 33 heavy (non-hydrogen) atoms. The van der Waals surface area contributed by atoms with Crippen LogP contribution >= 0.6 is 22.7 Å². The lowest BCUT2D eigenvalue weighted by molar-refractivity contribution is -0.137. The van der Waals surface area contributed by atoms with Crippen molar-refractivity contribution in [2.24, 2.45) is 20.5 Å². The van der Waals surface area contributed by atoms with E-state index in [2.05, 4.69) is 32.4 Å². The molecule has 0 N–H and O–H groups in total. The maximum Gasteiger partial charge on any atom is 0.416 e. The van der Waals surface area contributed by atoms with Gasteiger partial charge in [0.2, 0.25) is 5.13 Å². The Labute approximate surface area is 195 Å². The lowest BCUT2D eigenvalue weighted by Gasteiger charge is -2.05. The molecule has 0 unspecified atom stereocenters. The van der Waals surface area contributed by atoms with Crippen molar-refractivity contribution in [3.63, 3.8) is 0 Å². The topological polar surface area (TPSA) is 71.6 Å². The van der Waals surface area contributed by atoms with Crippen LogP contribution in [0.25, 0.3) is 9.53 Å². The van der Waals surface area contributed by atoms with E-state index >= 15 is 0 Å². The molecule has 11 heteroatoms. The molecule has 170 valence electrons. The van der Waals surface area contributed by atoms with Crippen LogP contribution in [-0.2, 0) is 6.18 Å². The number of hydrogen-bond acceptors (Lipinski definition) is 8. The van der Waals surface area contributed by atoms with Gasteiger partial charge >= 0.3 is 6.18 Å². The van der Waals surface area contributed by atoms with Crippen LogP contribution in [0.15, 0.2) is 75.1 Å². The number of azo groups is 2.